The van der Waals surface area contributed by atoms with Crippen molar-refractivity contribution in [2.45, 2.75) is 19.8 Å². The van der Waals surface area contributed by atoms with Gasteiger partial charge in [0.15, 0.2) is 6.61 Å². The zero-order valence-corrected chi connectivity index (χ0v) is 12.7. The van der Waals surface area contributed by atoms with Crippen LogP contribution in [0.3, 0.4) is 0 Å². The quantitative estimate of drug-likeness (QED) is 0.733. The van der Waals surface area contributed by atoms with Crippen molar-refractivity contribution in [3.8, 4) is 5.75 Å². The second-order valence-electron chi connectivity index (χ2n) is 4.49. The van der Waals surface area contributed by atoms with Crippen LogP contribution >= 0.6 is 0 Å². The van der Waals surface area contributed by atoms with Crippen molar-refractivity contribution in [1.82, 2.24) is 10.6 Å². The van der Waals surface area contributed by atoms with Gasteiger partial charge in [0.05, 0.1) is 13.5 Å². The number of rotatable bonds is 7. The molecular weight excluding hydrogens is 288 g/mol. The lowest BCUT2D eigenvalue weighted by molar-refractivity contribution is -0.147. The number of hydrogen-bond acceptors (Lipinski definition) is 5. The minimum Gasteiger partial charge on any atom is -0.497 e. The molecule has 1 rings (SSSR count). The molecule has 0 unspecified atom stereocenters. The number of amides is 3. The Kier molecular flexibility index (Phi) is 7.45. The van der Waals surface area contributed by atoms with Gasteiger partial charge in [0, 0.05) is 6.54 Å². The number of esters is 1. The fourth-order valence-corrected chi connectivity index (χ4v) is 1.55. The van der Waals surface area contributed by atoms with E-state index in [2.05, 4.69) is 10.6 Å². The smallest absolute Gasteiger partial charge is 0.321 e. The Labute approximate surface area is 129 Å². The molecule has 7 nitrogen and oxygen atoms in total. The van der Waals surface area contributed by atoms with E-state index >= 15 is 0 Å². The summed E-state index contributed by atoms with van der Waals surface area (Å²) in [6.45, 7) is 1.87. The van der Waals surface area contributed by atoms with Gasteiger partial charge in [-0.25, -0.2) is 4.79 Å². The number of hydrogen-bond donors (Lipinski definition) is 2. The maximum Gasteiger partial charge on any atom is 0.321 e. The van der Waals surface area contributed by atoms with Gasteiger partial charge in [-0.3, -0.25) is 14.9 Å². The second-order valence-corrected chi connectivity index (χ2v) is 4.49. The van der Waals surface area contributed by atoms with Gasteiger partial charge in [-0.15, -0.1) is 0 Å². The van der Waals surface area contributed by atoms with E-state index in [1.807, 2.05) is 6.92 Å². The first-order valence-electron chi connectivity index (χ1n) is 6.91. The highest BCUT2D eigenvalue weighted by Crippen LogP contribution is 2.11. The van der Waals surface area contributed by atoms with Crippen molar-refractivity contribution in [3.05, 3.63) is 29.8 Å². The molecule has 0 atom stereocenters. The Balaban J connectivity index is 2.29. The third kappa shape index (κ3) is 6.74. The predicted molar refractivity (Wildman–Crippen MR) is 79.5 cm³/mol. The Morgan fingerprint density at radius 3 is 2.41 bits per heavy atom. The number of carbonyl (C=O) groups excluding carboxylic acids is 3. The SMILES string of the molecule is CCCNC(=O)NC(=O)COC(=O)Cc1ccc(OC)cc1. The van der Waals surface area contributed by atoms with E-state index in [9.17, 15) is 14.4 Å². The van der Waals surface area contributed by atoms with E-state index in [0.717, 1.165) is 12.0 Å². The predicted octanol–water partition coefficient (Wildman–Crippen LogP) is 1.02. The number of urea groups is 1. The van der Waals surface area contributed by atoms with Crippen LogP contribution in [0.2, 0.25) is 0 Å². The minimum atomic E-state index is -0.670. The molecule has 0 aliphatic heterocycles. The summed E-state index contributed by atoms with van der Waals surface area (Å²) >= 11 is 0. The summed E-state index contributed by atoms with van der Waals surface area (Å²) in [5, 5.41) is 4.54. The van der Waals surface area contributed by atoms with E-state index in [1.54, 1.807) is 31.4 Å². The molecule has 0 bridgehead atoms. The molecule has 1 aromatic carbocycles. The first-order chi connectivity index (χ1) is 10.5. The highest BCUT2D eigenvalue weighted by atomic mass is 16.5. The molecule has 22 heavy (non-hydrogen) atoms. The van der Waals surface area contributed by atoms with Crippen molar-refractivity contribution >= 4 is 17.9 Å². The molecule has 0 fully saturated rings. The van der Waals surface area contributed by atoms with Crippen LogP contribution in [0.15, 0.2) is 24.3 Å². The van der Waals surface area contributed by atoms with Gasteiger partial charge >= 0.3 is 12.0 Å². The Bertz CT molecular complexity index is 513. The number of methoxy groups -OCH3 is 1. The van der Waals surface area contributed by atoms with Crippen molar-refractivity contribution in [1.29, 1.82) is 0 Å². The monoisotopic (exact) mass is 308 g/mol. The zero-order chi connectivity index (χ0) is 16.4. The van der Waals surface area contributed by atoms with Gasteiger partial charge < -0.3 is 14.8 Å². The van der Waals surface area contributed by atoms with E-state index in [4.69, 9.17) is 9.47 Å². The number of ether oxygens (including phenoxy) is 2. The molecular formula is C15H20N2O5. The highest BCUT2D eigenvalue weighted by molar-refractivity contribution is 5.95. The molecule has 0 aromatic heterocycles. The average molecular weight is 308 g/mol. The van der Waals surface area contributed by atoms with Crippen molar-refractivity contribution in [2.75, 3.05) is 20.3 Å². The van der Waals surface area contributed by atoms with Crippen LogP contribution in [0.4, 0.5) is 4.79 Å². The molecule has 3 amide bonds. The molecule has 0 radical (unpaired) electrons. The lowest BCUT2D eigenvalue weighted by Crippen LogP contribution is -2.41. The van der Waals surface area contributed by atoms with Crippen LogP contribution in [-0.2, 0) is 20.7 Å². The Morgan fingerprint density at radius 2 is 1.82 bits per heavy atom. The summed E-state index contributed by atoms with van der Waals surface area (Å²) in [7, 11) is 1.55. The van der Waals surface area contributed by atoms with Gasteiger partial charge in [0.1, 0.15) is 5.75 Å². The van der Waals surface area contributed by atoms with Gasteiger partial charge in [0.25, 0.3) is 5.91 Å². The molecule has 0 saturated heterocycles. The number of benzene rings is 1. The van der Waals surface area contributed by atoms with E-state index in [0.29, 0.717) is 12.3 Å². The largest absolute Gasteiger partial charge is 0.497 e. The maximum absolute atomic E-state index is 11.6. The fourth-order valence-electron chi connectivity index (χ4n) is 1.55. The summed E-state index contributed by atoms with van der Waals surface area (Å²) in [6, 6.07) is 6.33. The van der Waals surface area contributed by atoms with Crippen molar-refractivity contribution < 1.29 is 23.9 Å². The van der Waals surface area contributed by atoms with E-state index in [-0.39, 0.29) is 6.42 Å². The lowest BCUT2D eigenvalue weighted by atomic mass is 10.1. The molecule has 0 heterocycles. The van der Waals surface area contributed by atoms with Crippen LogP contribution in [0, 0.1) is 0 Å². The van der Waals surface area contributed by atoms with E-state index in [1.165, 1.54) is 0 Å². The molecule has 2 N–H and O–H groups in total. The molecule has 0 spiro atoms. The third-order valence-electron chi connectivity index (χ3n) is 2.66. The van der Waals surface area contributed by atoms with Crippen molar-refractivity contribution in [2.24, 2.45) is 0 Å². The van der Waals surface area contributed by atoms with Crippen LogP contribution in [0.5, 0.6) is 5.75 Å². The van der Waals surface area contributed by atoms with Crippen molar-refractivity contribution in [3.63, 3.8) is 0 Å². The topological polar surface area (TPSA) is 93.7 Å². The summed E-state index contributed by atoms with van der Waals surface area (Å²) in [5.41, 5.74) is 0.742. The van der Waals surface area contributed by atoms with Gasteiger partial charge in [-0.05, 0) is 24.1 Å². The van der Waals surface area contributed by atoms with Gasteiger partial charge in [0.2, 0.25) is 0 Å². The second kappa shape index (κ2) is 9.38. The standard InChI is InChI=1S/C15H20N2O5/c1-3-8-16-15(20)17-13(18)10-22-14(19)9-11-4-6-12(21-2)7-5-11/h4-7H,3,8-10H2,1-2H3,(H2,16,17,18,20). The van der Waals surface area contributed by atoms with Gasteiger partial charge in [-0.1, -0.05) is 19.1 Å². The molecule has 7 heteroatoms. The van der Waals surface area contributed by atoms with Crippen LogP contribution in [0.25, 0.3) is 0 Å². The summed E-state index contributed by atoms with van der Waals surface area (Å²) in [4.78, 5) is 34.2. The minimum absolute atomic E-state index is 0.0410. The van der Waals surface area contributed by atoms with Crippen LogP contribution in [-0.4, -0.2) is 38.2 Å². The molecule has 0 aliphatic rings. The summed E-state index contributed by atoms with van der Waals surface area (Å²) < 4.78 is 9.82. The van der Waals surface area contributed by atoms with E-state index < -0.39 is 24.5 Å². The molecule has 1 aromatic rings. The number of carbonyl (C=O) groups is 3. The van der Waals surface area contributed by atoms with Crippen LogP contribution in [0.1, 0.15) is 18.9 Å². The summed E-state index contributed by atoms with van der Waals surface area (Å²) in [6.07, 6.45) is 0.803. The molecule has 0 aliphatic carbocycles. The highest BCUT2D eigenvalue weighted by Gasteiger charge is 2.11. The maximum atomic E-state index is 11.6. The molecule has 120 valence electrons. The number of nitrogens with one attached hydrogen (secondary N) is 2. The normalized spacial score (nSPS) is 9.73. The third-order valence-corrected chi connectivity index (χ3v) is 2.66. The summed E-state index contributed by atoms with van der Waals surface area (Å²) in [5.74, 6) is -0.527. The fraction of sp³-hybridized carbons (Fsp3) is 0.400. The average Bonchev–Trinajstić information content (AvgIpc) is 2.51. The Hall–Kier alpha value is -2.57. The first kappa shape index (κ1) is 17.5. The zero-order valence-electron chi connectivity index (χ0n) is 12.7. The van der Waals surface area contributed by atoms with Gasteiger partial charge in [-0.2, -0.15) is 0 Å². The lowest BCUT2D eigenvalue weighted by Gasteiger charge is -2.07. The molecule has 0 saturated carbocycles. The first-order valence-corrected chi connectivity index (χ1v) is 6.91. The van der Waals surface area contributed by atoms with Crippen LogP contribution < -0.4 is 15.4 Å². The number of imide groups is 1. The Morgan fingerprint density at radius 1 is 1.14 bits per heavy atom.